The third kappa shape index (κ3) is 6.30. The molecule has 0 atom stereocenters. The Bertz CT molecular complexity index is 1680. The molecule has 4 rings (SSSR count). The second-order valence-electron chi connectivity index (χ2n) is 8.41. The first-order valence-corrected chi connectivity index (χ1v) is 15.2. The van der Waals surface area contributed by atoms with Gasteiger partial charge in [-0.25, -0.2) is 16.8 Å². The highest BCUT2D eigenvalue weighted by Crippen LogP contribution is 2.27. The van der Waals surface area contributed by atoms with E-state index >= 15 is 0 Å². The van der Waals surface area contributed by atoms with Gasteiger partial charge in [-0.15, -0.1) is 0 Å². The van der Waals surface area contributed by atoms with Gasteiger partial charge in [-0.3, -0.25) is 13.8 Å². The van der Waals surface area contributed by atoms with Crippen LogP contribution in [-0.2, 0) is 24.8 Å². The van der Waals surface area contributed by atoms with E-state index in [1.807, 2.05) is 37.3 Å². The predicted octanol–water partition coefficient (Wildman–Crippen LogP) is 5.12. The molecule has 0 saturated carbocycles. The number of sulfonamides is 2. The van der Waals surface area contributed by atoms with Gasteiger partial charge in [0.1, 0.15) is 6.54 Å². The zero-order valence-corrected chi connectivity index (χ0v) is 23.2. The van der Waals surface area contributed by atoms with Crippen LogP contribution in [0, 0.1) is 6.92 Å². The highest BCUT2D eigenvalue weighted by molar-refractivity contribution is 9.10. The number of rotatable bonds is 8. The molecule has 0 heterocycles. The van der Waals surface area contributed by atoms with Crippen LogP contribution in [0.1, 0.15) is 5.56 Å². The van der Waals surface area contributed by atoms with Crippen LogP contribution >= 0.6 is 15.9 Å². The van der Waals surface area contributed by atoms with Crippen LogP contribution in [0.15, 0.2) is 94.3 Å². The minimum Gasteiger partial charge on any atom is -0.325 e. The van der Waals surface area contributed by atoms with E-state index in [9.17, 15) is 21.6 Å². The van der Waals surface area contributed by atoms with Crippen LogP contribution in [0.5, 0.6) is 0 Å². The molecule has 1 amide bonds. The van der Waals surface area contributed by atoms with Gasteiger partial charge in [-0.05, 0) is 66.4 Å². The summed E-state index contributed by atoms with van der Waals surface area (Å²) in [5.41, 5.74) is 1.97. The molecular weight excluding hydrogens is 578 g/mol. The summed E-state index contributed by atoms with van der Waals surface area (Å²) in [5.74, 6) is -0.574. The number of fused-ring (bicyclic) bond motifs is 1. The minimum atomic E-state index is -3.89. The fraction of sp³-hybridized carbons (Fsp3) is 0.115. The van der Waals surface area contributed by atoms with E-state index in [2.05, 4.69) is 26.0 Å². The zero-order chi connectivity index (χ0) is 26.8. The molecule has 2 N–H and O–H groups in total. The minimum absolute atomic E-state index is 0.0153. The molecule has 0 fully saturated rings. The van der Waals surface area contributed by atoms with Crippen molar-refractivity contribution in [2.45, 2.75) is 11.8 Å². The van der Waals surface area contributed by atoms with E-state index < -0.39 is 32.5 Å². The molecule has 37 heavy (non-hydrogen) atoms. The number of nitrogens with one attached hydrogen (secondary N) is 2. The first-order chi connectivity index (χ1) is 17.4. The van der Waals surface area contributed by atoms with E-state index in [1.54, 1.807) is 30.3 Å². The van der Waals surface area contributed by atoms with Crippen LogP contribution in [0.2, 0.25) is 0 Å². The molecule has 0 aliphatic carbocycles. The SMILES string of the molecule is Cc1cc(N(CC(=O)Nc2ccc(S(=O)(=O)Nc3cccc4ccccc34)cc2)S(C)(=O)=O)ccc1Br. The van der Waals surface area contributed by atoms with Crippen LogP contribution in [0.3, 0.4) is 0 Å². The second kappa shape index (κ2) is 10.5. The monoisotopic (exact) mass is 601 g/mol. The standard InChI is InChI=1S/C26H24BrN3O5S2/c1-18-16-21(12-15-24(18)27)30(36(2,32)33)17-26(31)28-20-10-13-22(14-11-20)37(34,35)29-25-9-5-7-19-6-3-4-8-23(19)25/h3-16,29H,17H2,1-2H3,(H,28,31). The highest BCUT2D eigenvalue weighted by Gasteiger charge is 2.22. The third-order valence-corrected chi connectivity index (χ3v) is 9.01. The van der Waals surface area contributed by atoms with Gasteiger partial charge < -0.3 is 5.32 Å². The Labute approximate surface area is 224 Å². The number of carbonyl (C=O) groups excluding carboxylic acids is 1. The maximum Gasteiger partial charge on any atom is 0.261 e. The maximum atomic E-state index is 13.0. The summed E-state index contributed by atoms with van der Waals surface area (Å²) in [4.78, 5) is 12.7. The first kappa shape index (κ1) is 26.6. The fourth-order valence-corrected chi connectivity index (χ4v) is 5.93. The normalized spacial score (nSPS) is 11.8. The summed E-state index contributed by atoms with van der Waals surface area (Å²) in [7, 11) is -7.62. The molecule has 0 radical (unpaired) electrons. The number of benzene rings is 4. The van der Waals surface area contributed by atoms with Crippen LogP contribution in [-0.4, -0.2) is 35.5 Å². The van der Waals surface area contributed by atoms with Crippen molar-refractivity contribution in [3.05, 3.63) is 95.0 Å². The summed E-state index contributed by atoms with van der Waals surface area (Å²) in [6, 6.07) is 23.4. The quantitative estimate of drug-likeness (QED) is 0.291. The molecule has 0 unspecified atom stereocenters. The molecule has 0 aromatic heterocycles. The van der Waals surface area contributed by atoms with Crippen molar-refractivity contribution in [1.82, 2.24) is 0 Å². The maximum absolute atomic E-state index is 13.0. The Morgan fingerprint density at radius 1 is 0.892 bits per heavy atom. The molecule has 11 heteroatoms. The van der Waals surface area contributed by atoms with E-state index in [4.69, 9.17) is 0 Å². The van der Waals surface area contributed by atoms with Gasteiger partial charge in [0.05, 0.1) is 22.5 Å². The summed E-state index contributed by atoms with van der Waals surface area (Å²) in [5, 5.41) is 4.30. The number of hydrogen-bond donors (Lipinski definition) is 2. The molecule has 8 nitrogen and oxygen atoms in total. The Morgan fingerprint density at radius 2 is 1.57 bits per heavy atom. The molecule has 4 aromatic carbocycles. The first-order valence-electron chi connectivity index (χ1n) is 11.1. The number of aryl methyl sites for hydroxylation is 1. The smallest absolute Gasteiger partial charge is 0.261 e. The zero-order valence-electron chi connectivity index (χ0n) is 20.0. The van der Waals surface area contributed by atoms with Gasteiger partial charge in [-0.1, -0.05) is 52.3 Å². The van der Waals surface area contributed by atoms with Crippen molar-refractivity contribution in [2.24, 2.45) is 0 Å². The largest absolute Gasteiger partial charge is 0.325 e. The average molecular weight is 603 g/mol. The Balaban J connectivity index is 1.48. The molecule has 0 aliphatic rings. The Kier molecular flexibility index (Phi) is 7.58. The van der Waals surface area contributed by atoms with Gasteiger partial charge in [0, 0.05) is 15.5 Å². The molecular formula is C26H24BrN3O5S2. The average Bonchev–Trinajstić information content (AvgIpc) is 2.84. The van der Waals surface area contributed by atoms with Crippen molar-refractivity contribution < 1.29 is 21.6 Å². The van der Waals surface area contributed by atoms with E-state index in [0.29, 0.717) is 17.1 Å². The molecule has 4 aromatic rings. The summed E-state index contributed by atoms with van der Waals surface area (Å²) >= 11 is 3.38. The Morgan fingerprint density at radius 3 is 2.24 bits per heavy atom. The molecule has 0 saturated heterocycles. The van der Waals surface area contributed by atoms with Gasteiger partial charge in [0.2, 0.25) is 15.9 Å². The third-order valence-electron chi connectivity index (χ3n) is 5.60. The van der Waals surface area contributed by atoms with Gasteiger partial charge in [0.25, 0.3) is 10.0 Å². The molecule has 0 aliphatic heterocycles. The topological polar surface area (TPSA) is 113 Å². The summed E-state index contributed by atoms with van der Waals surface area (Å²) in [6.07, 6.45) is 1.03. The molecule has 192 valence electrons. The lowest BCUT2D eigenvalue weighted by Crippen LogP contribution is -2.37. The van der Waals surface area contributed by atoms with Gasteiger partial charge in [-0.2, -0.15) is 0 Å². The lowest BCUT2D eigenvalue weighted by molar-refractivity contribution is -0.114. The van der Waals surface area contributed by atoms with Crippen LogP contribution < -0.4 is 14.3 Å². The number of amides is 1. The van der Waals surface area contributed by atoms with Crippen LogP contribution in [0.25, 0.3) is 10.8 Å². The molecule has 0 bridgehead atoms. The van der Waals surface area contributed by atoms with E-state index in [-0.39, 0.29) is 4.90 Å². The lowest BCUT2D eigenvalue weighted by atomic mass is 10.1. The summed E-state index contributed by atoms with van der Waals surface area (Å²) < 4.78 is 55.1. The van der Waals surface area contributed by atoms with E-state index in [1.165, 1.54) is 24.3 Å². The second-order valence-corrected chi connectivity index (χ2v) is 12.9. The predicted molar refractivity (Wildman–Crippen MR) is 151 cm³/mol. The van der Waals surface area contributed by atoms with Gasteiger partial charge >= 0.3 is 0 Å². The van der Waals surface area contributed by atoms with Crippen molar-refractivity contribution in [3.8, 4) is 0 Å². The van der Waals surface area contributed by atoms with E-state index in [0.717, 1.165) is 31.4 Å². The Hall–Kier alpha value is -3.41. The van der Waals surface area contributed by atoms with Crippen molar-refractivity contribution >= 4 is 69.7 Å². The summed E-state index contributed by atoms with van der Waals surface area (Å²) in [6.45, 7) is 1.38. The number of carbonyl (C=O) groups is 1. The van der Waals surface area contributed by atoms with Gasteiger partial charge in [0.15, 0.2) is 0 Å². The number of halogens is 1. The van der Waals surface area contributed by atoms with Crippen molar-refractivity contribution in [1.29, 1.82) is 0 Å². The van der Waals surface area contributed by atoms with Crippen LogP contribution in [0.4, 0.5) is 17.1 Å². The number of anilines is 3. The van der Waals surface area contributed by atoms with Crippen molar-refractivity contribution in [3.63, 3.8) is 0 Å². The number of nitrogens with zero attached hydrogens (tertiary/aromatic N) is 1. The lowest BCUT2D eigenvalue weighted by Gasteiger charge is -2.22. The molecule has 0 spiro atoms. The number of hydrogen-bond acceptors (Lipinski definition) is 5. The van der Waals surface area contributed by atoms with Crippen molar-refractivity contribution in [2.75, 3.05) is 27.1 Å². The fourth-order valence-electron chi connectivity index (χ4n) is 3.75. The highest BCUT2D eigenvalue weighted by atomic mass is 79.9.